The third-order valence-electron chi connectivity index (χ3n) is 8.72. The number of para-hydroxylation sites is 2. The summed E-state index contributed by atoms with van der Waals surface area (Å²) < 4.78 is 6.59. The van der Waals surface area contributed by atoms with Crippen LogP contribution < -0.4 is 4.90 Å². The number of rotatable bonds is 3. The molecule has 9 rings (SSSR count). The number of hydrogen-bond donors (Lipinski definition) is 0. The van der Waals surface area contributed by atoms with Crippen molar-refractivity contribution in [3.8, 4) is 11.1 Å². The highest BCUT2D eigenvalue weighted by Gasteiger charge is 2.52. The van der Waals surface area contributed by atoms with Crippen LogP contribution in [0.4, 0.5) is 17.1 Å². The molecule has 188 valence electrons. The van der Waals surface area contributed by atoms with Gasteiger partial charge in [-0.3, -0.25) is 0 Å². The molecule has 0 fully saturated rings. The Balaban J connectivity index is 1.45. The van der Waals surface area contributed by atoms with Crippen LogP contribution in [-0.2, 0) is 5.41 Å². The van der Waals surface area contributed by atoms with Gasteiger partial charge in [-0.25, -0.2) is 0 Å². The molecule has 0 radical (unpaired) electrons. The maximum atomic E-state index is 7.36. The van der Waals surface area contributed by atoms with E-state index < -0.39 is 5.41 Å². The Bertz CT molecular complexity index is 2040. The molecule has 40 heavy (non-hydrogen) atoms. The minimum Gasteiger partial charge on any atom is -0.454 e. The fourth-order valence-electron chi connectivity index (χ4n) is 7.26. The molecule has 2 aliphatic rings. The van der Waals surface area contributed by atoms with E-state index in [1.165, 1.54) is 38.8 Å². The van der Waals surface area contributed by atoms with Crippen LogP contribution in [0, 0.1) is 0 Å². The molecule has 0 N–H and O–H groups in total. The summed E-state index contributed by atoms with van der Waals surface area (Å²) in [6.45, 7) is 0. The Morgan fingerprint density at radius 2 is 1.07 bits per heavy atom. The first-order chi connectivity index (χ1) is 19.8. The Morgan fingerprint density at radius 1 is 0.525 bits per heavy atom. The third kappa shape index (κ3) is 2.60. The van der Waals surface area contributed by atoms with Crippen molar-refractivity contribution in [2.75, 3.05) is 4.90 Å². The molecule has 7 aromatic rings. The van der Waals surface area contributed by atoms with E-state index in [9.17, 15) is 0 Å². The van der Waals surface area contributed by atoms with E-state index in [2.05, 4.69) is 126 Å². The second-order valence-electron chi connectivity index (χ2n) is 10.6. The number of furan rings is 1. The van der Waals surface area contributed by atoms with Gasteiger partial charge in [-0.2, -0.15) is 0 Å². The summed E-state index contributed by atoms with van der Waals surface area (Å²) in [6, 6.07) is 47.3. The van der Waals surface area contributed by atoms with E-state index in [0.717, 1.165) is 33.6 Å². The molecular formula is C37H22ClNO. The van der Waals surface area contributed by atoms with Gasteiger partial charge in [0.15, 0.2) is 5.58 Å². The molecule has 1 heterocycles. The maximum absolute atomic E-state index is 7.36. The van der Waals surface area contributed by atoms with Gasteiger partial charge in [-0.1, -0.05) is 109 Å². The molecule has 0 atom stereocenters. The zero-order valence-corrected chi connectivity index (χ0v) is 22.2. The van der Waals surface area contributed by atoms with Crippen molar-refractivity contribution in [1.82, 2.24) is 0 Å². The number of benzene rings is 6. The van der Waals surface area contributed by atoms with Crippen molar-refractivity contribution in [2.45, 2.75) is 5.41 Å². The van der Waals surface area contributed by atoms with Crippen molar-refractivity contribution in [2.24, 2.45) is 0 Å². The van der Waals surface area contributed by atoms with Gasteiger partial charge < -0.3 is 9.32 Å². The predicted molar refractivity (Wildman–Crippen MR) is 164 cm³/mol. The molecule has 0 unspecified atom stereocenters. The van der Waals surface area contributed by atoms with Crippen LogP contribution in [0.25, 0.3) is 33.1 Å². The van der Waals surface area contributed by atoms with E-state index >= 15 is 0 Å². The van der Waals surface area contributed by atoms with Crippen molar-refractivity contribution >= 4 is 50.6 Å². The lowest BCUT2D eigenvalue weighted by molar-refractivity contribution is 0.664. The Morgan fingerprint density at radius 3 is 1.70 bits per heavy atom. The SMILES string of the molecule is Clc1c(N(c2ccccc2)c2ccccc2)cc2c3c1oc1cccc(c13)C21c2ccccc2-c2ccccc21. The molecule has 3 heteroatoms. The third-order valence-corrected chi connectivity index (χ3v) is 9.09. The smallest absolute Gasteiger partial charge is 0.156 e. The summed E-state index contributed by atoms with van der Waals surface area (Å²) in [5.74, 6) is 0. The molecule has 2 nitrogen and oxygen atoms in total. The summed E-state index contributed by atoms with van der Waals surface area (Å²) in [5, 5.41) is 2.90. The lowest BCUT2D eigenvalue weighted by Crippen LogP contribution is -2.26. The largest absolute Gasteiger partial charge is 0.454 e. The summed E-state index contributed by atoms with van der Waals surface area (Å²) in [4.78, 5) is 2.24. The minimum atomic E-state index is -0.454. The Labute approximate surface area is 236 Å². The Kier molecular flexibility index (Phi) is 4.35. The van der Waals surface area contributed by atoms with Gasteiger partial charge in [0.05, 0.1) is 11.1 Å². The predicted octanol–water partition coefficient (Wildman–Crippen LogP) is 10.4. The van der Waals surface area contributed by atoms with Crippen LogP contribution in [0.5, 0.6) is 0 Å². The zero-order valence-electron chi connectivity index (χ0n) is 21.4. The van der Waals surface area contributed by atoms with Gasteiger partial charge in [-0.05, 0) is 69.8 Å². The van der Waals surface area contributed by atoms with Gasteiger partial charge in [0, 0.05) is 22.1 Å². The standard InChI is InChI=1S/C37H22ClNO/c38-35-31(39(23-12-3-1-4-13-23)24-14-5-2-6-15-24)22-30-34-33-29(20-11-21-32(33)40-36(34)35)37(30)27-18-9-7-16-25(27)26-17-8-10-19-28(26)37/h1-22H. The average Bonchev–Trinajstić information content (AvgIpc) is 3.65. The molecule has 6 aromatic carbocycles. The molecule has 0 aliphatic heterocycles. The van der Waals surface area contributed by atoms with Crippen LogP contribution in [0.1, 0.15) is 22.3 Å². The summed E-state index contributed by atoms with van der Waals surface area (Å²) in [6.07, 6.45) is 0. The molecular weight excluding hydrogens is 510 g/mol. The zero-order chi connectivity index (χ0) is 26.4. The van der Waals surface area contributed by atoms with Gasteiger partial charge >= 0.3 is 0 Å². The molecule has 0 amide bonds. The van der Waals surface area contributed by atoms with Gasteiger partial charge in [-0.15, -0.1) is 0 Å². The molecule has 0 bridgehead atoms. The molecule has 1 aromatic heterocycles. The normalized spacial score (nSPS) is 13.8. The average molecular weight is 532 g/mol. The second kappa shape index (κ2) is 7.88. The number of hydrogen-bond acceptors (Lipinski definition) is 2. The lowest BCUT2D eigenvalue weighted by atomic mass is 9.70. The fourth-order valence-corrected chi connectivity index (χ4v) is 7.53. The lowest BCUT2D eigenvalue weighted by Gasteiger charge is -2.33. The van der Waals surface area contributed by atoms with Gasteiger partial charge in [0.2, 0.25) is 0 Å². The first-order valence-electron chi connectivity index (χ1n) is 13.6. The summed E-state index contributed by atoms with van der Waals surface area (Å²) in [5.41, 5.74) is 11.8. The topological polar surface area (TPSA) is 16.4 Å². The number of nitrogens with zero attached hydrogens (tertiary/aromatic N) is 1. The van der Waals surface area contributed by atoms with Crippen molar-refractivity contribution in [3.05, 3.63) is 161 Å². The van der Waals surface area contributed by atoms with Crippen molar-refractivity contribution in [1.29, 1.82) is 0 Å². The van der Waals surface area contributed by atoms with Crippen LogP contribution in [0.2, 0.25) is 5.02 Å². The van der Waals surface area contributed by atoms with Crippen LogP contribution in [0.15, 0.2) is 138 Å². The number of halogens is 1. The highest BCUT2D eigenvalue weighted by Crippen LogP contribution is 2.64. The fraction of sp³-hybridized carbons (Fsp3) is 0.0270. The quantitative estimate of drug-likeness (QED) is 0.225. The first kappa shape index (κ1) is 22.1. The van der Waals surface area contributed by atoms with E-state index in [0.29, 0.717) is 5.02 Å². The van der Waals surface area contributed by atoms with Crippen LogP contribution in [0.3, 0.4) is 0 Å². The number of fused-ring (bicyclic) bond motifs is 7. The Hall–Kier alpha value is -4.79. The van der Waals surface area contributed by atoms with E-state index in [1.54, 1.807) is 0 Å². The van der Waals surface area contributed by atoms with Crippen LogP contribution in [-0.4, -0.2) is 0 Å². The molecule has 0 saturated carbocycles. The summed E-state index contributed by atoms with van der Waals surface area (Å²) in [7, 11) is 0. The monoisotopic (exact) mass is 531 g/mol. The molecule has 2 aliphatic carbocycles. The summed E-state index contributed by atoms with van der Waals surface area (Å²) >= 11 is 7.36. The van der Waals surface area contributed by atoms with E-state index in [-0.39, 0.29) is 0 Å². The van der Waals surface area contributed by atoms with Gasteiger partial charge in [0.25, 0.3) is 0 Å². The highest BCUT2D eigenvalue weighted by atomic mass is 35.5. The van der Waals surface area contributed by atoms with Crippen molar-refractivity contribution in [3.63, 3.8) is 0 Å². The number of anilines is 3. The maximum Gasteiger partial charge on any atom is 0.156 e. The minimum absolute atomic E-state index is 0.454. The first-order valence-corrected chi connectivity index (χ1v) is 13.9. The second-order valence-corrected chi connectivity index (χ2v) is 11.0. The highest BCUT2D eigenvalue weighted by molar-refractivity contribution is 6.39. The molecule has 0 saturated heterocycles. The van der Waals surface area contributed by atoms with E-state index in [4.69, 9.17) is 16.0 Å². The van der Waals surface area contributed by atoms with Crippen LogP contribution >= 0.6 is 11.6 Å². The molecule has 1 spiro atoms. The van der Waals surface area contributed by atoms with E-state index in [1.807, 2.05) is 12.1 Å². The van der Waals surface area contributed by atoms with Crippen molar-refractivity contribution < 1.29 is 4.42 Å². The van der Waals surface area contributed by atoms with Gasteiger partial charge in [0.1, 0.15) is 10.6 Å².